The van der Waals surface area contributed by atoms with Gasteiger partial charge >= 0.3 is 0 Å². The van der Waals surface area contributed by atoms with E-state index in [4.69, 9.17) is 23.9 Å². The number of hydrogen-bond acceptors (Lipinski definition) is 9. The molecule has 0 aliphatic carbocycles. The number of thioether (sulfide) groups is 1. The molecule has 330 valence electrons. The summed E-state index contributed by atoms with van der Waals surface area (Å²) in [4.78, 5) is 50.1. The SMILES string of the molecule is COc1cc2c(cc1OCc1cc(COc3cc4c(cc3OC)C(=O)N3c5ccccc5C[C@H]3C=N4)cc(NC(=O)CCC(C)(C)SC(C)C)c1)CC[C@@H]1Cc3ccccc3N1C2=O. The minimum Gasteiger partial charge on any atom is -0.493 e. The predicted octanol–water partition coefficient (Wildman–Crippen LogP) is 10.3. The number of ether oxygens (including phenoxy) is 4. The van der Waals surface area contributed by atoms with Crippen LogP contribution >= 0.6 is 11.8 Å². The van der Waals surface area contributed by atoms with Gasteiger partial charge in [0, 0.05) is 58.5 Å². The number of carbonyl (C=O) groups is 3. The molecule has 2 atom stereocenters. The summed E-state index contributed by atoms with van der Waals surface area (Å²) < 4.78 is 24.5. The molecule has 0 spiro atoms. The number of benzene rings is 5. The summed E-state index contributed by atoms with van der Waals surface area (Å²) in [5.41, 5.74) is 8.85. The Morgan fingerprint density at radius 2 is 1.38 bits per heavy atom. The van der Waals surface area contributed by atoms with E-state index in [1.165, 1.54) is 5.56 Å². The van der Waals surface area contributed by atoms with E-state index in [0.29, 0.717) is 63.6 Å². The number of aliphatic imine (C=N–C) groups is 1. The average Bonchev–Trinajstić information content (AvgIpc) is 3.77. The highest BCUT2D eigenvalue weighted by atomic mass is 32.2. The molecule has 0 saturated carbocycles. The fourth-order valence-electron chi connectivity index (χ4n) is 9.55. The van der Waals surface area contributed by atoms with E-state index in [2.05, 4.69) is 39.1 Å². The molecule has 0 fully saturated rings. The second-order valence-corrected chi connectivity index (χ2v) is 20.1. The summed E-state index contributed by atoms with van der Waals surface area (Å²) in [6, 6.07) is 29.0. The number of nitrogens with one attached hydrogen (secondary N) is 1. The zero-order chi connectivity index (χ0) is 44.7. The van der Waals surface area contributed by atoms with Crippen molar-refractivity contribution in [2.24, 2.45) is 4.99 Å². The third-order valence-electron chi connectivity index (χ3n) is 12.4. The van der Waals surface area contributed by atoms with Gasteiger partial charge in [-0.1, -0.05) is 64.1 Å². The number of nitrogens with zero attached hydrogens (tertiary/aromatic N) is 3. The predicted molar refractivity (Wildman–Crippen MR) is 254 cm³/mol. The van der Waals surface area contributed by atoms with Crippen molar-refractivity contribution < 1.29 is 33.3 Å². The molecule has 0 saturated heterocycles. The van der Waals surface area contributed by atoms with Crippen molar-refractivity contribution in [1.82, 2.24) is 0 Å². The topological polar surface area (TPSA) is 119 Å². The van der Waals surface area contributed by atoms with Crippen LogP contribution < -0.4 is 34.1 Å². The first-order valence-corrected chi connectivity index (χ1v) is 22.9. The van der Waals surface area contributed by atoms with E-state index >= 15 is 0 Å². The first-order chi connectivity index (χ1) is 30.9. The summed E-state index contributed by atoms with van der Waals surface area (Å²) in [7, 11) is 3.13. The minimum atomic E-state index is -0.185. The van der Waals surface area contributed by atoms with Crippen molar-refractivity contribution in [3.05, 3.63) is 130 Å². The molecule has 4 heterocycles. The van der Waals surface area contributed by atoms with Crippen molar-refractivity contribution in [1.29, 1.82) is 0 Å². The maximum atomic E-state index is 14.1. The molecule has 9 rings (SSSR count). The number of para-hydroxylation sites is 2. The quantitative estimate of drug-likeness (QED) is 0.117. The fourth-order valence-corrected chi connectivity index (χ4v) is 11.0. The van der Waals surface area contributed by atoms with Gasteiger partial charge in [-0.25, -0.2) is 0 Å². The normalized spacial score (nSPS) is 17.1. The van der Waals surface area contributed by atoms with Gasteiger partial charge in [-0.15, -0.1) is 0 Å². The van der Waals surface area contributed by atoms with Crippen LogP contribution in [-0.2, 0) is 37.3 Å². The van der Waals surface area contributed by atoms with Crippen LogP contribution in [0.15, 0.2) is 96.0 Å². The van der Waals surface area contributed by atoms with Crippen molar-refractivity contribution in [3.63, 3.8) is 0 Å². The molecule has 0 bridgehead atoms. The Hall–Kier alpha value is -6.27. The Morgan fingerprint density at radius 3 is 2.05 bits per heavy atom. The smallest absolute Gasteiger partial charge is 0.261 e. The monoisotopic (exact) mass is 878 g/mol. The number of rotatable bonds is 14. The third-order valence-corrected chi connectivity index (χ3v) is 13.7. The van der Waals surface area contributed by atoms with Crippen LogP contribution in [0.25, 0.3) is 0 Å². The highest BCUT2D eigenvalue weighted by Gasteiger charge is 2.39. The number of fused-ring (bicyclic) bond motifs is 8. The lowest BCUT2D eigenvalue weighted by Crippen LogP contribution is -2.37. The molecule has 11 nitrogen and oxygen atoms in total. The van der Waals surface area contributed by atoms with Crippen molar-refractivity contribution in [2.45, 2.75) is 102 Å². The zero-order valence-corrected chi connectivity index (χ0v) is 38.1. The van der Waals surface area contributed by atoms with E-state index < -0.39 is 0 Å². The number of amides is 3. The van der Waals surface area contributed by atoms with E-state index in [-0.39, 0.29) is 47.8 Å². The van der Waals surface area contributed by atoms with Gasteiger partial charge in [0.25, 0.3) is 11.8 Å². The molecule has 0 aromatic heterocycles. The Bertz CT molecular complexity index is 2680. The molecule has 12 heteroatoms. The minimum absolute atomic E-state index is 0.0257. The number of methoxy groups -OCH3 is 2. The van der Waals surface area contributed by atoms with Crippen LogP contribution in [-0.4, -0.2) is 60.2 Å². The van der Waals surface area contributed by atoms with Crippen LogP contribution in [0.1, 0.15) is 95.5 Å². The molecular formula is C52H54N4O7S. The van der Waals surface area contributed by atoms with Gasteiger partial charge in [-0.3, -0.25) is 24.3 Å². The maximum Gasteiger partial charge on any atom is 0.261 e. The number of carbonyl (C=O) groups excluding carboxylic acids is 3. The largest absolute Gasteiger partial charge is 0.493 e. The summed E-state index contributed by atoms with van der Waals surface area (Å²) in [5.74, 6) is 1.58. The van der Waals surface area contributed by atoms with Crippen LogP contribution in [0.2, 0.25) is 0 Å². The van der Waals surface area contributed by atoms with Gasteiger partial charge in [0.05, 0.1) is 31.5 Å². The Kier molecular flexibility index (Phi) is 11.9. The molecule has 4 aliphatic rings. The standard InChI is InChI=1S/C52H54N4O7S/c1-31(2)64-52(3,4)18-17-49(57)54-37-20-32(29-62-47-24-34-15-16-38-22-35-11-7-9-13-43(35)55(38)50(58)40(34)25-45(47)60-5)19-33(21-37)30-63-48-27-42-41(26-46(48)61-6)51(59)56-39(28-53-42)23-36-12-8-10-14-44(36)56/h7-14,19-21,24-28,31,38-39H,15-18,22-23,29-30H2,1-6H3,(H,54,57)/t38-,39+/m1/s1. The van der Waals surface area contributed by atoms with E-state index in [0.717, 1.165) is 59.3 Å². The molecule has 5 aromatic carbocycles. The second-order valence-electron chi connectivity index (χ2n) is 17.8. The van der Waals surface area contributed by atoms with Gasteiger partial charge in [0.15, 0.2) is 23.0 Å². The van der Waals surface area contributed by atoms with Crippen LogP contribution in [0.3, 0.4) is 0 Å². The first kappa shape index (κ1) is 43.0. The van der Waals surface area contributed by atoms with E-state index in [1.807, 2.05) is 89.6 Å². The summed E-state index contributed by atoms with van der Waals surface area (Å²) >= 11 is 1.86. The highest BCUT2D eigenvalue weighted by molar-refractivity contribution is 8.01. The second kappa shape index (κ2) is 17.7. The van der Waals surface area contributed by atoms with Crippen LogP contribution in [0.5, 0.6) is 23.0 Å². The Morgan fingerprint density at radius 1 is 0.766 bits per heavy atom. The molecule has 5 aromatic rings. The summed E-state index contributed by atoms with van der Waals surface area (Å²) in [6.45, 7) is 8.96. The van der Waals surface area contributed by atoms with Gasteiger partial charge < -0.3 is 29.2 Å². The summed E-state index contributed by atoms with van der Waals surface area (Å²) in [6.07, 6.45) is 6.02. The van der Waals surface area contributed by atoms with Gasteiger partial charge in [0.1, 0.15) is 13.2 Å². The Labute approximate surface area is 379 Å². The van der Waals surface area contributed by atoms with Gasteiger partial charge in [-0.05, 0) is 107 Å². The van der Waals surface area contributed by atoms with Crippen LogP contribution in [0, 0.1) is 0 Å². The highest BCUT2D eigenvalue weighted by Crippen LogP contribution is 2.43. The zero-order valence-electron chi connectivity index (χ0n) is 37.2. The number of aryl methyl sites for hydroxylation is 1. The molecule has 4 aliphatic heterocycles. The van der Waals surface area contributed by atoms with Crippen molar-refractivity contribution in [2.75, 3.05) is 29.3 Å². The van der Waals surface area contributed by atoms with Crippen molar-refractivity contribution in [3.8, 4) is 23.0 Å². The average molecular weight is 879 g/mol. The molecule has 64 heavy (non-hydrogen) atoms. The molecule has 0 unspecified atom stereocenters. The lowest BCUT2D eigenvalue weighted by molar-refractivity contribution is -0.116. The first-order valence-electron chi connectivity index (χ1n) is 22.0. The van der Waals surface area contributed by atoms with E-state index in [1.54, 1.807) is 37.3 Å². The van der Waals surface area contributed by atoms with Crippen LogP contribution in [0.4, 0.5) is 22.7 Å². The molecule has 3 amide bonds. The lowest BCUT2D eigenvalue weighted by atomic mass is 9.99. The number of anilines is 3. The van der Waals surface area contributed by atoms with Gasteiger partial charge in [0.2, 0.25) is 5.91 Å². The van der Waals surface area contributed by atoms with Crippen molar-refractivity contribution >= 4 is 58.4 Å². The molecule has 1 N–H and O–H groups in total. The maximum absolute atomic E-state index is 14.1. The third kappa shape index (κ3) is 8.67. The summed E-state index contributed by atoms with van der Waals surface area (Å²) in [5, 5.41) is 3.59. The number of hydrogen-bond donors (Lipinski definition) is 1. The van der Waals surface area contributed by atoms with E-state index in [9.17, 15) is 14.4 Å². The van der Waals surface area contributed by atoms with Gasteiger partial charge in [-0.2, -0.15) is 11.8 Å². The lowest BCUT2D eigenvalue weighted by Gasteiger charge is -2.26. The molecular weight excluding hydrogens is 825 g/mol. The molecule has 0 radical (unpaired) electrons. The fraction of sp³-hybridized carbons (Fsp3) is 0.346. The Balaban J connectivity index is 0.967.